The number of nitrogens with zero attached hydrogens (tertiary/aromatic N) is 5. The summed E-state index contributed by atoms with van der Waals surface area (Å²) in [5.74, 6) is 0.279. The monoisotopic (exact) mass is 209 g/mol. The summed E-state index contributed by atoms with van der Waals surface area (Å²) in [6.07, 6.45) is 2.89. The average molecular weight is 210 g/mol. The summed E-state index contributed by atoms with van der Waals surface area (Å²) >= 11 is 5.57. The molecule has 6 heteroatoms. The van der Waals surface area contributed by atoms with E-state index in [2.05, 4.69) is 15.0 Å². The Balaban J connectivity index is 3.06. The largest absolute Gasteiger partial charge is 0.369 e. The summed E-state index contributed by atoms with van der Waals surface area (Å²) in [6.45, 7) is 0. The van der Waals surface area contributed by atoms with Gasteiger partial charge in [-0.3, -0.25) is 0 Å². The van der Waals surface area contributed by atoms with Gasteiger partial charge >= 0.3 is 0 Å². The molecule has 0 unspecified atom stereocenters. The number of aromatic nitrogens is 2. The van der Waals surface area contributed by atoms with Crippen LogP contribution in [0.2, 0.25) is 5.28 Å². The Morgan fingerprint density at radius 2 is 2.36 bits per heavy atom. The van der Waals surface area contributed by atoms with Crippen LogP contribution >= 0.6 is 11.6 Å². The molecule has 72 valence electrons. The van der Waals surface area contributed by atoms with E-state index in [4.69, 9.17) is 16.9 Å². The Hall–Kier alpha value is -1.67. The van der Waals surface area contributed by atoms with E-state index in [0.717, 1.165) is 0 Å². The summed E-state index contributed by atoms with van der Waals surface area (Å²) in [5.41, 5.74) is 0.299. The van der Waals surface area contributed by atoms with Gasteiger partial charge in [-0.25, -0.2) is 9.98 Å². The average Bonchev–Trinajstić information content (AvgIpc) is 2.15. The van der Waals surface area contributed by atoms with Crippen molar-refractivity contribution in [2.45, 2.75) is 0 Å². The molecule has 0 atom stereocenters. The van der Waals surface area contributed by atoms with Gasteiger partial charge < -0.3 is 4.90 Å². The minimum absolute atomic E-state index is 0.0786. The van der Waals surface area contributed by atoms with E-state index in [0.29, 0.717) is 5.56 Å². The van der Waals surface area contributed by atoms with Crippen molar-refractivity contribution in [2.24, 2.45) is 4.99 Å². The fourth-order valence-corrected chi connectivity index (χ4v) is 0.828. The highest BCUT2D eigenvalue weighted by Gasteiger charge is 2.03. The van der Waals surface area contributed by atoms with Gasteiger partial charge in [-0.1, -0.05) is 0 Å². The maximum absolute atomic E-state index is 8.71. The van der Waals surface area contributed by atoms with Crippen molar-refractivity contribution in [3.63, 3.8) is 0 Å². The van der Waals surface area contributed by atoms with Gasteiger partial charge in [0.05, 0.1) is 12.5 Å². The van der Waals surface area contributed by atoms with E-state index < -0.39 is 0 Å². The van der Waals surface area contributed by atoms with Crippen molar-refractivity contribution < 1.29 is 0 Å². The molecule has 0 aliphatic heterocycles. The lowest BCUT2D eigenvalue weighted by molar-refractivity contribution is 0.643. The van der Waals surface area contributed by atoms with Crippen LogP contribution in [0.1, 0.15) is 5.56 Å². The molecular formula is C8H8ClN5. The Morgan fingerprint density at radius 1 is 1.64 bits per heavy atom. The van der Waals surface area contributed by atoms with E-state index in [-0.39, 0.29) is 11.1 Å². The zero-order valence-electron chi connectivity index (χ0n) is 7.77. The number of hydrogen-bond acceptors (Lipinski definition) is 4. The second-order valence-electron chi connectivity index (χ2n) is 2.70. The molecule has 0 aromatic carbocycles. The molecule has 1 aromatic heterocycles. The highest BCUT2D eigenvalue weighted by molar-refractivity contribution is 6.28. The first kappa shape index (κ1) is 10.4. The molecule has 0 aliphatic rings. The second kappa shape index (κ2) is 4.53. The third kappa shape index (κ3) is 2.68. The molecule has 0 fully saturated rings. The van der Waals surface area contributed by atoms with E-state index in [1.807, 2.05) is 20.2 Å². The molecule has 0 amide bonds. The SMILES string of the molecule is CN(C)/C=N/c1nc(Cl)ncc1C#N. The summed E-state index contributed by atoms with van der Waals surface area (Å²) in [5, 5.41) is 8.79. The predicted octanol–water partition coefficient (Wildman–Crippen LogP) is 1.22. The van der Waals surface area contributed by atoms with Gasteiger partial charge in [-0.2, -0.15) is 10.2 Å². The Kier molecular flexibility index (Phi) is 3.37. The Bertz CT molecular complexity index is 393. The number of rotatable bonds is 2. The molecule has 0 spiro atoms. The molecule has 1 aromatic rings. The fraction of sp³-hybridized carbons (Fsp3) is 0.250. The van der Waals surface area contributed by atoms with Crippen LogP contribution in [-0.4, -0.2) is 35.3 Å². The third-order valence-corrected chi connectivity index (χ3v) is 1.45. The highest BCUT2D eigenvalue weighted by atomic mass is 35.5. The Morgan fingerprint density at radius 3 is 2.93 bits per heavy atom. The molecule has 0 N–H and O–H groups in total. The smallest absolute Gasteiger partial charge is 0.224 e. The van der Waals surface area contributed by atoms with Crippen LogP contribution in [0.5, 0.6) is 0 Å². The van der Waals surface area contributed by atoms with Crippen molar-refractivity contribution >= 4 is 23.8 Å². The van der Waals surface area contributed by atoms with E-state index in [1.54, 1.807) is 11.2 Å². The second-order valence-corrected chi connectivity index (χ2v) is 3.03. The van der Waals surface area contributed by atoms with Gasteiger partial charge in [0.25, 0.3) is 0 Å². The summed E-state index contributed by atoms with van der Waals surface area (Å²) in [7, 11) is 3.64. The predicted molar refractivity (Wildman–Crippen MR) is 53.6 cm³/mol. The summed E-state index contributed by atoms with van der Waals surface area (Å²) in [4.78, 5) is 13.2. The van der Waals surface area contributed by atoms with Crippen molar-refractivity contribution in [2.75, 3.05) is 14.1 Å². The van der Waals surface area contributed by atoms with Crippen molar-refractivity contribution in [3.8, 4) is 6.07 Å². The molecule has 5 nitrogen and oxygen atoms in total. The van der Waals surface area contributed by atoms with Crippen LogP contribution in [0.4, 0.5) is 5.82 Å². The molecule has 0 saturated carbocycles. The fourth-order valence-electron chi connectivity index (χ4n) is 0.699. The first-order valence-corrected chi connectivity index (χ1v) is 4.14. The minimum Gasteiger partial charge on any atom is -0.369 e. The van der Waals surface area contributed by atoms with E-state index in [1.165, 1.54) is 6.20 Å². The lowest BCUT2D eigenvalue weighted by Crippen LogP contribution is -2.07. The van der Waals surface area contributed by atoms with Crippen LogP contribution in [-0.2, 0) is 0 Å². The van der Waals surface area contributed by atoms with Gasteiger partial charge in [-0.15, -0.1) is 0 Å². The molecule has 1 rings (SSSR count). The van der Waals surface area contributed by atoms with E-state index >= 15 is 0 Å². The normalized spacial score (nSPS) is 10.1. The first-order chi connectivity index (χ1) is 6.63. The number of aliphatic imine (C=N–C) groups is 1. The quantitative estimate of drug-likeness (QED) is 0.417. The van der Waals surface area contributed by atoms with Crippen LogP contribution in [0, 0.1) is 11.3 Å². The van der Waals surface area contributed by atoms with Gasteiger partial charge in [0.2, 0.25) is 5.28 Å². The van der Waals surface area contributed by atoms with Gasteiger partial charge in [0.15, 0.2) is 5.82 Å². The first-order valence-electron chi connectivity index (χ1n) is 3.76. The lowest BCUT2D eigenvalue weighted by Gasteiger charge is -2.02. The maximum Gasteiger partial charge on any atom is 0.224 e. The number of halogens is 1. The van der Waals surface area contributed by atoms with Crippen LogP contribution in [0.25, 0.3) is 0 Å². The molecule has 0 saturated heterocycles. The van der Waals surface area contributed by atoms with Crippen LogP contribution in [0.15, 0.2) is 11.2 Å². The third-order valence-electron chi connectivity index (χ3n) is 1.27. The number of nitriles is 1. The molecule has 0 aliphatic carbocycles. The van der Waals surface area contributed by atoms with E-state index in [9.17, 15) is 0 Å². The minimum atomic E-state index is 0.0786. The highest BCUT2D eigenvalue weighted by Crippen LogP contribution is 2.15. The standard InChI is InChI=1S/C8H8ClN5/c1-14(2)5-12-7-6(3-10)4-11-8(9)13-7/h4-5H,1-2H3/b12-5+. The van der Waals surface area contributed by atoms with Crippen LogP contribution in [0.3, 0.4) is 0 Å². The molecule has 0 bridgehead atoms. The lowest BCUT2D eigenvalue weighted by atomic mass is 10.3. The topological polar surface area (TPSA) is 65.2 Å². The molecule has 0 radical (unpaired) electrons. The molecule has 14 heavy (non-hydrogen) atoms. The van der Waals surface area contributed by atoms with Gasteiger partial charge in [0.1, 0.15) is 11.6 Å². The maximum atomic E-state index is 8.71. The van der Waals surface area contributed by atoms with Crippen molar-refractivity contribution in [3.05, 3.63) is 17.0 Å². The van der Waals surface area contributed by atoms with Crippen LogP contribution < -0.4 is 0 Å². The number of hydrogen-bond donors (Lipinski definition) is 0. The van der Waals surface area contributed by atoms with Gasteiger partial charge in [-0.05, 0) is 11.6 Å². The zero-order valence-corrected chi connectivity index (χ0v) is 8.52. The summed E-state index contributed by atoms with van der Waals surface area (Å²) in [6, 6.07) is 1.93. The molecular weight excluding hydrogens is 202 g/mol. The summed E-state index contributed by atoms with van der Waals surface area (Å²) < 4.78 is 0. The Labute approximate surface area is 86.7 Å². The van der Waals surface area contributed by atoms with Crippen molar-refractivity contribution in [1.29, 1.82) is 5.26 Å². The zero-order chi connectivity index (χ0) is 10.6. The van der Waals surface area contributed by atoms with Gasteiger partial charge in [0, 0.05) is 14.1 Å². The van der Waals surface area contributed by atoms with Crippen molar-refractivity contribution in [1.82, 2.24) is 14.9 Å². The molecule has 1 heterocycles.